The van der Waals surface area contributed by atoms with Gasteiger partial charge in [-0.25, -0.2) is 13.4 Å². The van der Waals surface area contributed by atoms with Gasteiger partial charge in [-0.15, -0.1) is 0 Å². The van der Waals surface area contributed by atoms with E-state index in [0.717, 1.165) is 17.6 Å². The molecule has 0 bridgehead atoms. The molecule has 2 rings (SSSR count). The van der Waals surface area contributed by atoms with Gasteiger partial charge >= 0.3 is 0 Å². The first-order chi connectivity index (χ1) is 9.96. The molecule has 6 nitrogen and oxygen atoms in total. The largest absolute Gasteiger partial charge is 0.497 e. The van der Waals surface area contributed by atoms with E-state index >= 15 is 0 Å². The molecule has 7 heteroatoms. The van der Waals surface area contributed by atoms with Gasteiger partial charge < -0.3 is 10.1 Å². The molecule has 2 aromatic rings. The van der Waals surface area contributed by atoms with Gasteiger partial charge in [-0.3, -0.25) is 4.72 Å². The van der Waals surface area contributed by atoms with Gasteiger partial charge in [0.25, 0.3) is 0 Å². The van der Waals surface area contributed by atoms with E-state index in [4.69, 9.17) is 4.74 Å². The Hall–Kier alpha value is -2.28. The topological polar surface area (TPSA) is 80.3 Å². The smallest absolute Gasteiger partial charge is 0.229 e. The number of hydrogen-bond acceptors (Lipinski definition) is 5. The molecule has 0 aliphatic rings. The Morgan fingerprint density at radius 2 is 1.86 bits per heavy atom. The molecule has 0 saturated carbocycles. The van der Waals surface area contributed by atoms with E-state index in [1.165, 1.54) is 6.20 Å². The van der Waals surface area contributed by atoms with Crippen LogP contribution in [0.5, 0.6) is 5.75 Å². The minimum atomic E-state index is -3.27. The summed E-state index contributed by atoms with van der Waals surface area (Å²) >= 11 is 0. The summed E-state index contributed by atoms with van der Waals surface area (Å²) in [5, 5.41) is 3.16. The molecule has 0 radical (unpaired) electrons. The fourth-order valence-electron chi connectivity index (χ4n) is 1.71. The Morgan fingerprint density at radius 1 is 1.14 bits per heavy atom. The van der Waals surface area contributed by atoms with Crippen LogP contribution < -0.4 is 14.8 Å². The number of anilines is 2. The third-order valence-corrected chi connectivity index (χ3v) is 3.31. The molecule has 1 aromatic carbocycles. The third-order valence-electron chi connectivity index (χ3n) is 2.70. The molecule has 0 spiro atoms. The highest BCUT2D eigenvalue weighted by atomic mass is 32.2. The maximum atomic E-state index is 11.1. The number of nitrogens with one attached hydrogen (secondary N) is 2. The Bertz CT molecular complexity index is 682. The van der Waals surface area contributed by atoms with Crippen LogP contribution in [0, 0.1) is 0 Å². The van der Waals surface area contributed by atoms with E-state index in [0.29, 0.717) is 18.1 Å². The van der Waals surface area contributed by atoms with Crippen LogP contribution >= 0.6 is 0 Å². The molecule has 1 heterocycles. The zero-order valence-electron chi connectivity index (χ0n) is 11.8. The lowest BCUT2D eigenvalue weighted by molar-refractivity contribution is 0.414. The van der Waals surface area contributed by atoms with Crippen molar-refractivity contribution < 1.29 is 13.2 Å². The molecule has 0 unspecified atom stereocenters. The number of methoxy groups -OCH3 is 1. The normalized spacial score (nSPS) is 11.0. The van der Waals surface area contributed by atoms with Gasteiger partial charge in [-0.1, -0.05) is 12.1 Å². The minimum Gasteiger partial charge on any atom is -0.497 e. The van der Waals surface area contributed by atoms with Gasteiger partial charge in [0, 0.05) is 6.54 Å². The molecular formula is C14H17N3O3S. The second-order valence-electron chi connectivity index (χ2n) is 4.51. The Balaban J connectivity index is 1.94. The summed E-state index contributed by atoms with van der Waals surface area (Å²) in [4.78, 5) is 4.15. The van der Waals surface area contributed by atoms with Crippen LogP contribution in [0.1, 0.15) is 5.56 Å². The molecule has 2 N–H and O–H groups in total. The quantitative estimate of drug-likeness (QED) is 0.854. The van der Waals surface area contributed by atoms with E-state index < -0.39 is 10.0 Å². The number of pyridine rings is 1. The maximum absolute atomic E-state index is 11.1. The SMILES string of the molecule is COc1ccc(CNc2ccc(NS(C)(=O)=O)cn2)cc1. The van der Waals surface area contributed by atoms with Crippen LogP contribution in [-0.2, 0) is 16.6 Å². The molecule has 0 fully saturated rings. The Labute approximate surface area is 124 Å². The standard InChI is InChI=1S/C14H17N3O3S/c1-20-13-6-3-11(4-7-13)9-15-14-8-5-12(10-16-14)17-21(2,18)19/h3-8,10,17H,9H2,1-2H3,(H,15,16). The molecule has 1 aromatic heterocycles. The summed E-state index contributed by atoms with van der Waals surface area (Å²) in [5.41, 5.74) is 1.53. The number of sulfonamides is 1. The van der Waals surface area contributed by atoms with E-state index in [-0.39, 0.29) is 0 Å². The van der Waals surface area contributed by atoms with Crippen LogP contribution in [0.25, 0.3) is 0 Å². The second kappa shape index (κ2) is 6.45. The maximum Gasteiger partial charge on any atom is 0.229 e. The van der Waals surface area contributed by atoms with Crippen molar-refractivity contribution in [2.75, 3.05) is 23.4 Å². The van der Waals surface area contributed by atoms with Gasteiger partial charge in [-0.2, -0.15) is 0 Å². The first-order valence-electron chi connectivity index (χ1n) is 6.27. The molecular weight excluding hydrogens is 290 g/mol. The molecule has 0 aliphatic carbocycles. The molecule has 0 aliphatic heterocycles. The van der Waals surface area contributed by atoms with Gasteiger partial charge in [0.1, 0.15) is 11.6 Å². The zero-order chi connectivity index (χ0) is 15.3. The van der Waals surface area contributed by atoms with Gasteiger partial charge in [0.05, 0.1) is 25.2 Å². The van der Waals surface area contributed by atoms with Crippen LogP contribution in [0.4, 0.5) is 11.5 Å². The number of hydrogen-bond donors (Lipinski definition) is 2. The molecule has 21 heavy (non-hydrogen) atoms. The second-order valence-corrected chi connectivity index (χ2v) is 6.26. The van der Waals surface area contributed by atoms with Crippen LogP contribution in [-0.4, -0.2) is 26.8 Å². The highest BCUT2D eigenvalue weighted by Gasteiger charge is 2.02. The summed E-state index contributed by atoms with van der Waals surface area (Å²) in [6.07, 6.45) is 2.57. The minimum absolute atomic E-state index is 0.437. The van der Waals surface area contributed by atoms with Crippen molar-refractivity contribution in [2.45, 2.75) is 6.54 Å². The van der Waals surface area contributed by atoms with E-state index in [2.05, 4.69) is 15.0 Å². The van der Waals surface area contributed by atoms with Crippen LogP contribution in [0.2, 0.25) is 0 Å². The summed E-state index contributed by atoms with van der Waals surface area (Å²) in [6, 6.07) is 11.1. The van der Waals surface area contributed by atoms with Crippen molar-refractivity contribution in [2.24, 2.45) is 0 Å². The number of nitrogens with zero attached hydrogens (tertiary/aromatic N) is 1. The fourth-order valence-corrected chi connectivity index (χ4v) is 2.26. The summed E-state index contributed by atoms with van der Waals surface area (Å²) in [7, 11) is -1.65. The van der Waals surface area contributed by atoms with Gasteiger partial charge in [0.15, 0.2) is 0 Å². The molecule has 0 atom stereocenters. The van der Waals surface area contributed by atoms with E-state index in [9.17, 15) is 8.42 Å². The highest BCUT2D eigenvalue weighted by molar-refractivity contribution is 7.92. The molecule has 0 saturated heterocycles. The predicted molar refractivity (Wildman–Crippen MR) is 83.0 cm³/mol. The lowest BCUT2D eigenvalue weighted by atomic mass is 10.2. The first kappa shape index (κ1) is 15.1. The van der Waals surface area contributed by atoms with Crippen LogP contribution in [0.15, 0.2) is 42.6 Å². The Morgan fingerprint density at radius 3 is 2.38 bits per heavy atom. The van der Waals surface area contributed by atoms with E-state index in [1.807, 2.05) is 24.3 Å². The highest BCUT2D eigenvalue weighted by Crippen LogP contribution is 2.14. The number of rotatable bonds is 6. The summed E-state index contributed by atoms with van der Waals surface area (Å²) < 4.78 is 29.6. The van der Waals surface area contributed by atoms with Crippen molar-refractivity contribution in [1.29, 1.82) is 0 Å². The molecule has 0 amide bonds. The average Bonchev–Trinajstić information content (AvgIpc) is 2.45. The third kappa shape index (κ3) is 4.96. The van der Waals surface area contributed by atoms with Crippen molar-refractivity contribution in [3.05, 3.63) is 48.2 Å². The van der Waals surface area contributed by atoms with E-state index in [1.54, 1.807) is 19.2 Å². The van der Waals surface area contributed by atoms with Crippen LogP contribution in [0.3, 0.4) is 0 Å². The van der Waals surface area contributed by atoms with Crippen molar-refractivity contribution >= 4 is 21.5 Å². The van der Waals surface area contributed by atoms with Crippen molar-refractivity contribution in [3.8, 4) is 5.75 Å². The number of aromatic nitrogens is 1. The molecule has 112 valence electrons. The van der Waals surface area contributed by atoms with Gasteiger partial charge in [0.2, 0.25) is 10.0 Å². The number of ether oxygens (including phenoxy) is 1. The van der Waals surface area contributed by atoms with Crippen molar-refractivity contribution in [1.82, 2.24) is 4.98 Å². The number of benzene rings is 1. The lowest BCUT2D eigenvalue weighted by Gasteiger charge is -2.08. The Kier molecular flexibility index (Phi) is 4.64. The monoisotopic (exact) mass is 307 g/mol. The first-order valence-corrected chi connectivity index (χ1v) is 8.16. The zero-order valence-corrected chi connectivity index (χ0v) is 12.6. The summed E-state index contributed by atoms with van der Waals surface area (Å²) in [5.74, 6) is 1.48. The van der Waals surface area contributed by atoms with Crippen molar-refractivity contribution in [3.63, 3.8) is 0 Å². The average molecular weight is 307 g/mol. The summed E-state index contributed by atoms with van der Waals surface area (Å²) in [6.45, 7) is 0.621. The van der Waals surface area contributed by atoms with Gasteiger partial charge in [-0.05, 0) is 29.8 Å². The fraction of sp³-hybridized carbons (Fsp3) is 0.214. The lowest BCUT2D eigenvalue weighted by Crippen LogP contribution is -2.10. The predicted octanol–water partition coefficient (Wildman–Crippen LogP) is 2.07.